The summed E-state index contributed by atoms with van der Waals surface area (Å²) >= 11 is 1.69. The number of thiazole rings is 1. The average Bonchev–Trinajstić information content (AvgIpc) is 3.15. The summed E-state index contributed by atoms with van der Waals surface area (Å²) in [6, 6.07) is 3.72. The Hall–Kier alpha value is -1.71. The monoisotopic (exact) mass is 436 g/mol. The molecule has 0 saturated carbocycles. The maximum Gasteiger partial charge on any atom is 0.241 e. The molecule has 0 aliphatic carbocycles. The Morgan fingerprint density at radius 1 is 1.10 bits per heavy atom. The summed E-state index contributed by atoms with van der Waals surface area (Å²) in [6.07, 6.45) is 3.53. The molecule has 2 saturated heterocycles. The second-order valence-electron chi connectivity index (χ2n) is 8.05. The largest absolute Gasteiger partial charge is 0.345 e. The predicted octanol–water partition coefficient (Wildman–Crippen LogP) is 2.38. The van der Waals surface area contributed by atoms with Crippen LogP contribution in [-0.4, -0.2) is 73.5 Å². The molecular formula is C20H28N4O3S2. The van der Waals surface area contributed by atoms with E-state index in [0.717, 1.165) is 36.6 Å². The second kappa shape index (κ2) is 7.85. The number of amides is 1. The van der Waals surface area contributed by atoms with Gasteiger partial charge in [-0.3, -0.25) is 4.79 Å². The molecule has 1 aromatic carbocycles. The van der Waals surface area contributed by atoms with E-state index in [4.69, 9.17) is 4.98 Å². The fourth-order valence-corrected chi connectivity index (χ4v) is 6.42. The topological polar surface area (TPSA) is 73.8 Å². The Labute approximate surface area is 176 Å². The minimum atomic E-state index is -3.37. The lowest BCUT2D eigenvalue weighted by Crippen LogP contribution is -2.57. The van der Waals surface area contributed by atoms with Crippen molar-refractivity contribution in [1.82, 2.24) is 14.2 Å². The number of carbonyl (C=O) groups is 1. The van der Waals surface area contributed by atoms with Gasteiger partial charge in [0.15, 0.2) is 5.13 Å². The van der Waals surface area contributed by atoms with Crippen LogP contribution in [0.1, 0.15) is 30.4 Å². The van der Waals surface area contributed by atoms with Crippen LogP contribution >= 0.6 is 11.3 Å². The average molecular weight is 437 g/mol. The first-order valence-corrected chi connectivity index (χ1v) is 12.8. The first-order valence-electron chi connectivity index (χ1n) is 10.1. The Kier molecular flexibility index (Phi) is 5.56. The first kappa shape index (κ1) is 20.6. The number of hydrogen-bond donors (Lipinski definition) is 0. The second-order valence-corrected chi connectivity index (χ2v) is 11.0. The minimum Gasteiger partial charge on any atom is -0.345 e. The number of anilines is 1. The molecule has 2 aliphatic rings. The van der Waals surface area contributed by atoms with Gasteiger partial charge >= 0.3 is 0 Å². The number of benzene rings is 1. The van der Waals surface area contributed by atoms with Crippen molar-refractivity contribution >= 4 is 42.6 Å². The molecule has 0 bridgehead atoms. The molecule has 29 heavy (non-hydrogen) atoms. The maximum atomic E-state index is 13.1. The van der Waals surface area contributed by atoms with E-state index in [9.17, 15) is 13.2 Å². The number of aromatic nitrogens is 1. The molecule has 9 heteroatoms. The van der Waals surface area contributed by atoms with Crippen molar-refractivity contribution < 1.29 is 13.2 Å². The van der Waals surface area contributed by atoms with Crippen LogP contribution in [-0.2, 0) is 14.8 Å². The van der Waals surface area contributed by atoms with Gasteiger partial charge in [0.25, 0.3) is 0 Å². The molecule has 0 spiro atoms. The highest BCUT2D eigenvalue weighted by atomic mass is 32.2. The highest BCUT2D eigenvalue weighted by molar-refractivity contribution is 7.88. The standard InChI is InChI=1S/C20H28N4O3S2/c1-14-7-8-17-18(15(14)2)21-20(28-17)23-12-10-22(11-13-23)19(25)16-6-4-5-9-24(16)29(3,26)27/h7-8,16H,4-6,9-13H2,1-3H3. The van der Waals surface area contributed by atoms with Crippen molar-refractivity contribution in [3.8, 4) is 0 Å². The van der Waals surface area contributed by atoms with Crippen molar-refractivity contribution in [3.63, 3.8) is 0 Å². The third-order valence-electron chi connectivity index (χ3n) is 6.10. The number of nitrogens with zero attached hydrogens (tertiary/aromatic N) is 4. The van der Waals surface area contributed by atoms with Gasteiger partial charge < -0.3 is 9.80 Å². The van der Waals surface area contributed by atoms with Gasteiger partial charge in [-0.1, -0.05) is 23.8 Å². The molecule has 0 radical (unpaired) electrons. The van der Waals surface area contributed by atoms with Crippen molar-refractivity contribution in [2.45, 2.75) is 39.2 Å². The molecule has 1 aromatic heterocycles. The number of rotatable bonds is 3. The molecule has 1 unspecified atom stereocenters. The zero-order valence-corrected chi connectivity index (χ0v) is 18.9. The van der Waals surface area contributed by atoms with Crippen molar-refractivity contribution in [2.75, 3.05) is 43.9 Å². The third kappa shape index (κ3) is 4.00. The fourth-order valence-electron chi connectivity index (χ4n) is 4.23. The van der Waals surface area contributed by atoms with E-state index in [0.29, 0.717) is 26.1 Å². The number of hydrogen-bond acceptors (Lipinski definition) is 6. The van der Waals surface area contributed by atoms with E-state index in [-0.39, 0.29) is 5.91 Å². The van der Waals surface area contributed by atoms with Crippen LogP contribution in [0.25, 0.3) is 10.2 Å². The van der Waals surface area contributed by atoms with Crippen LogP contribution in [0.3, 0.4) is 0 Å². The van der Waals surface area contributed by atoms with Gasteiger partial charge in [-0.15, -0.1) is 0 Å². The van der Waals surface area contributed by atoms with Crippen molar-refractivity contribution in [1.29, 1.82) is 0 Å². The van der Waals surface area contributed by atoms with E-state index in [1.807, 2.05) is 4.90 Å². The first-order chi connectivity index (χ1) is 13.8. The van der Waals surface area contributed by atoms with Gasteiger partial charge in [0.1, 0.15) is 6.04 Å². The molecular weight excluding hydrogens is 408 g/mol. The maximum absolute atomic E-state index is 13.1. The normalized spacial score (nSPS) is 21.7. The van der Waals surface area contributed by atoms with E-state index in [2.05, 4.69) is 30.9 Å². The van der Waals surface area contributed by atoms with Gasteiger partial charge in [0.2, 0.25) is 15.9 Å². The minimum absolute atomic E-state index is 0.0504. The highest BCUT2D eigenvalue weighted by Crippen LogP contribution is 2.32. The van der Waals surface area contributed by atoms with Crippen molar-refractivity contribution in [2.24, 2.45) is 0 Å². The zero-order valence-electron chi connectivity index (χ0n) is 17.2. The lowest BCUT2D eigenvalue weighted by Gasteiger charge is -2.39. The van der Waals surface area contributed by atoms with Crippen molar-refractivity contribution in [3.05, 3.63) is 23.3 Å². The Balaban J connectivity index is 1.45. The molecule has 4 rings (SSSR count). The predicted molar refractivity (Wildman–Crippen MR) is 117 cm³/mol. The summed E-state index contributed by atoms with van der Waals surface area (Å²) in [5.74, 6) is -0.0504. The van der Waals surface area contributed by atoms with Crippen LogP contribution < -0.4 is 4.90 Å². The van der Waals surface area contributed by atoms with Crippen LogP contribution in [0.15, 0.2) is 12.1 Å². The SMILES string of the molecule is Cc1ccc2sc(N3CCN(C(=O)C4CCCCN4S(C)(=O)=O)CC3)nc2c1C. The van der Waals surface area contributed by atoms with Crippen LogP contribution in [0.4, 0.5) is 5.13 Å². The molecule has 7 nitrogen and oxygen atoms in total. The number of piperazine rings is 1. The Morgan fingerprint density at radius 3 is 2.52 bits per heavy atom. The Morgan fingerprint density at radius 2 is 1.83 bits per heavy atom. The highest BCUT2D eigenvalue weighted by Gasteiger charge is 2.37. The summed E-state index contributed by atoms with van der Waals surface area (Å²) in [7, 11) is -3.37. The number of piperidine rings is 1. The molecule has 2 aliphatic heterocycles. The number of carbonyl (C=O) groups excluding carboxylic acids is 1. The molecule has 1 atom stereocenters. The van der Waals surface area contributed by atoms with Gasteiger partial charge in [-0.05, 0) is 43.9 Å². The molecule has 1 amide bonds. The van der Waals surface area contributed by atoms with E-state index in [1.165, 1.54) is 26.4 Å². The summed E-state index contributed by atoms with van der Waals surface area (Å²) in [6.45, 7) is 7.28. The molecule has 2 fully saturated rings. The summed E-state index contributed by atoms with van der Waals surface area (Å²) < 4.78 is 26.8. The van der Waals surface area contributed by atoms with Crippen LogP contribution in [0.5, 0.6) is 0 Å². The van der Waals surface area contributed by atoms with Gasteiger partial charge in [-0.2, -0.15) is 4.31 Å². The van der Waals surface area contributed by atoms with Gasteiger partial charge in [0.05, 0.1) is 16.5 Å². The molecule has 158 valence electrons. The Bertz CT molecular complexity index is 1030. The molecule has 2 aromatic rings. The third-order valence-corrected chi connectivity index (χ3v) is 8.47. The summed E-state index contributed by atoms with van der Waals surface area (Å²) in [5, 5.41) is 0.997. The van der Waals surface area contributed by atoms with E-state index in [1.54, 1.807) is 11.3 Å². The number of fused-ring (bicyclic) bond motifs is 1. The van der Waals surface area contributed by atoms with E-state index >= 15 is 0 Å². The lowest BCUT2D eigenvalue weighted by atomic mass is 10.0. The smallest absolute Gasteiger partial charge is 0.241 e. The number of sulfonamides is 1. The summed E-state index contributed by atoms with van der Waals surface area (Å²) in [5.41, 5.74) is 3.53. The molecule has 0 N–H and O–H groups in total. The fraction of sp³-hybridized carbons (Fsp3) is 0.600. The zero-order chi connectivity index (χ0) is 20.8. The van der Waals surface area contributed by atoms with Crippen LogP contribution in [0, 0.1) is 13.8 Å². The van der Waals surface area contributed by atoms with Crippen LogP contribution in [0.2, 0.25) is 0 Å². The van der Waals surface area contributed by atoms with Gasteiger partial charge in [0, 0.05) is 32.7 Å². The van der Waals surface area contributed by atoms with E-state index < -0.39 is 16.1 Å². The van der Waals surface area contributed by atoms with Gasteiger partial charge in [-0.25, -0.2) is 13.4 Å². The summed E-state index contributed by atoms with van der Waals surface area (Å²) in [4.78, 5) is 22.0. The quantitative estimate of drug-likeness (QED) is 0.739. The molecule has 3 heterocycles. The number of aryl methyl sites for hydroxylation is 2. The lowest BCUT2D eigenvalue weighted by molar-refractivity contribution is -0.136.